The van der Waals surface area contributed by atoms with Crippen molar-refractivity contribution in [1.29, 1.82) is 0 Å². The fourth-order valence-electron chi connectivity index (χ4n) is 3.51. The molecule has 1 aromatic heterocycles. The van der Waals surface area contributed by atoms with E-state index in [1.807, 2.05) is 37.4 Å². The first-order valence-corrected chi connectivity index (χ1v) is 8.97. The van der Waals surface area contributed by atoms with E-state index in [0.29, 0.717) is 5.92 Å². The van der Waals surface area contributed by atoms with Gasteiger partial charge in [-0.2, -0.15) is 0 Å². The number of rotatable bonds is 7. The second-order valence-electron chi connectivity index (χ2n) is 7.09. The Morgan fingerprint density at radius 3 is 2.60 bits per heavy atom. The number of β-amino-alcohol motifs (C(OH)–C–C–N with tert-alkyl or cyclic N) is 1. The Hall–Kier alpha value is -1.83. The predicted molar refractivity (Wildman–Crippen MR) is 95.7 cm³/mol. The maximum atomic E-state index is 10.4. The van der Waals surface area contributed by atoms with Crippen molar-refractivity contribution >= 4 is 0 Å². The van der Waals surface area contributed by atoms with E-state index >= 15 is 0 Å². The third kappa shape index (κ3) is 5.07. The summed E-state index contributed by atoms with van der Waals surface area (Å²) in [6.07, 6.45) is 1.94. The quantitative estimate of drug-likeness (QED) is 0.811. The Morgan fingerprint density at radius 2 is 1.96 bits per heavy atom. The van der Waals surface area contributed by atoms with Crippen molar-refractivity contribution in [1.82, 2.24) is 30.0 Å². The summed E-state index contributed by atoms with van der Waals surface area (Å²) in [4.78, 5) is 4.67. The van der Waals surface area contributed by atoms with E-state index in [1.165, 1.54) is 12.8 Å². The molecule has 0 bridgehead atoms. The molecule has 1 N–H and O–H groups in total. The van der Waals surface area contributed by atoms with Gasteiger partial charge in [0.1, 0.15) is 0 Å². The molecule has 2 heterocycles. The molecule has 0 amide bonds. The molecule has 1 aromatic carbocycles. The molecule has 0 saturated carbocycles. The zero-order chi connectivity index (χ0) is 17.6. The molecule has 7 nitrogen and oxygen atoms in total. The summed E-state index contributed by atoms with van der Waals surface area (Å²) in [5.41, 5.74) is 1.00. The molecular formula is C18H28N6O. The molecule has 0 aliphatic carbocycles. The van der Waals surface area contributed by atoms with E-state index in [0.717, 1.165) is 44.1 Å². The second kappa shape index (κ2) is 8.51. The van der Waals surface area contributed by atoms with E-state index in [-0.39, 0.29) is 0 Å². The highest BCUT2D eigenvalue weighted by Gasteiger charge is 2.22. The number of aromatic nitrogens is 4. The van der Waals surface area contributed by atoms with Crippen LogP contribution in [0.5, 0.6) is 0 Å². The molecular weight excluding hydrogens is 316 g/mol. The smallest absolute Gasteiger partial charge is 0.164 e. The normalized spacial score (nSPS) is 17.9. The third-order valence-corrected chi connectivity index (χ3v) is 5.01. The van der Waals surface area contributed by atoms with Gasteiger partial charge in [-0.05, 0) is 54.9 Å². The highest BCUT2D eigenvalue weighted by Crippen LogP contribution is 2.21. The van der Waals surface area contributed by atoms with Crippen LogP contribution in [0.1, 0.15) is 30.3 Å². The third-order valence-electron chi connectivity index (χ3n) is 5.01. The Morgan fingerprint density at radius 1 is 1.24 bits per heavy atom. The number of aliphatic hydroxyl groups excluding tert-OH is 1. The van der Waals surface area contributed by atoms with Crippen molar-refractivity contribution in [2.24, 2.45) is 13.0 Å². The van der Waals surface area contributed by atoms with Crippen LogP contribution in [0.15, 0.2) is 30.3 Å². The molecule has 2 aromatic rings. The van der Waals surface area contributed by atoms with Crippen molar-refractivity contribution in [2.45, 2.75) is 25.5 Å². The van der Waals surface area contributed by atoms with Gasteiger partial charge >= 0.3 is 0 Å². The summed E-state index contributed by atoms with van der Waals surface area (Å²) in [7, 11) is 4.00. The number of tetrazole rings is 1. The minimum Gasteiger partial charge on any atom is -0.387 e. The number of aryl methyl sites for hydroxylation is 1. The lowest BCUT2D eigenvalue weighted by Crippen LogP contribution is -2.39. The molecule has 1 aliphatic rings. The molecule has 25 heavy (non-hydrogen) atoms. The minimum atomic E-state index is -0.399. The maximum Gasteiger partial charge on any atom is 0.164 e. The van der Waals surface area contributed by atoms with Crippen molar-refractivity contribution in [3.8, 4) is 0 Å². The molecule has 1 aliphatic heterocycles. The van der Waals surface area contributed by atoms with E-state index in [4.69, 9.17) is 0 Å². The molecule has 1 unspecified atom stereocenters. The second-order valence-corrected chi connectivity index (χ2v) is 7.09. The summed E-state index contributed by atoms with van der Waals surface area (Å²) in [6.45, 7) is 4.65. The number of hydrogen-bond donors (Lipinski definition) is 1. The van der Waals surface area contributed by atoms with Crippen molar-refractivity contribution in [3.63, 3.8) is 0 Å². The minimum absolute atomic E-state index is 0.399. The standard InChI is InChI=1S/C18H28N6O/c1-22(14-18-19-20-21-23(18)2)12-15-8-10-24(11-9-15)13-17(25)16-6-4-3-5-7-16/h3-7,15,17,25H,8-14H2,1-2H3. The highest BCUT2D eigenvalue weighted by molar-refractivity contribution is 5.17. The fraction of sp³-hybridized carbons (Fsp3) is 0.611. The van der Waals surface area contributed by atoms with E-state index in [2.05, 4.69) is 32.4 Å². The maximum absolute atomic E-state index is 10.4. The number of aliphatic hydroxyl groups is 1. The summed E-state index contributed by atoms with van der Waals surface area (Å²) < 4.78 is 1.73. The Balaban J connectivity index is 1.40. The predicted octanol–water partition coefficient (Wildman–Crippen LogP) is 1.09. The van der Waals surface area contributed by atoms with Gasteiger partial charge in [-0.3, -0.25) is 4.90 Å². The van der Waals surface area contributed by atoms with E-state index in [9.17, 15) is 5.11 Å². The van der Waals surface area contributed by atoms with Crippen LogP contribution < -0.4 is 0 Å². The van der Waals surface area contributed by atoms with Crippen LogP contribution >= 0.6 is 0 Å². The van der Waals surface area contributed by atoms with Crippen LogP contribution in [-0.2, 0) is 13.6 Å². The lowest BCUT2D eigenvalue weighted by Gasteiger charge is -2.34. The Labute approximate surface area is 149 Å². The van der Waals surface area contributed by atoms with Gasteiger partial charge in [0.2, 0.25) is 0 Å². The van der Waals surface area contributed by atoms with Gasteiger partial charge < -0.3 is 10.0 Å². The molecule has 0 radical (unpaired) electrons. The number of benzene rings is 1. The fourth-order valence-corrected chi connectivity index (χ4v) is 3.51. The van der Waals surface area contributed by atoms with Gasteiger partial charge in [-0.1, -0.05) is 30.3 Å². The van der Waals surface area contributed by atoms with Crippen LogP contribution in [-0.4, -0.2) is 68.3 Å². The first-order chi connectivity index (χ1) is 12.1. The average molecular weight is 344 g/mol. The van der Waals surface area contributed by atoms with Crippen LogP contribution in [0, 0.1) is 5.92 Å². The zero-order valence-electron chi connectivity index (χ0n) is 15.1. The van der Waals surface area contributed by atoms with E-state index in [1.54, 1.807) is 4.68 Å². The molecule has 136 valence electrons. The van der Waals surface area contributed by atoms with Gasteiger partial charge in [-0.25, -0.2) is 4.68 Å². The van der Waals surface area contributed by atoms with Gasteiger partial charge in [0, 0.05) is 20.1 Å². The van der Waals surface area contributed by atoms with Crippen molar-refractivity contribution in [2.75, 3.05) is 33.2 Å². The molecule has 0 spiro atoms. The summed E-state index contributed by atoms with van der Waals surface area (Å²) in [6, 6.07) is 9.93. The largest absolute Gasteiger partial charge is 0.387 e. The van der Waals surface area contributed by atoms with Crippen LogP contribution in [0.4, 0.5) is 0 Å². The number of nitrogens with zero attached hydrogens (tertiary/aromatic N) is 6. The monoisotopic (exact) mass is 344 g/mol. The lowest BCUT2D eigenvalue weighted by molar-refractivity contribution is 0.0822. The summed E-state index contributed by atoms with van der Waals surface area (Å²) in [5, 5.41) is 22.0. The lowest BCUT2D eigenvalue weighted by atomic mass is 9.95. The first kappa shape index (κ1) is 18.0. The van der Waals surface area contributed by atoms with Gasteiger partial charge in [0.25, 0.3) is 0 Å². The molecule has 7 heteroatoms. The molecule has 1 atom stereocenters. The van der Waals surface area contributed by atoms with Crippen molar-refractivity contribution < 1.29 is 5.11 Å². The van der Waals surface area contributed by atoms with Crippen LogP contribution in [0.3, 0.4) is 0 Å². The van der Waals surface area contributed by atoms with Crippen LogP contribution in [0.25, 0.3) is 0 Å². The van der Waals surface area contributed by atoms with Gasteiger partial charge in [0.05, 0.1) is 12.6 Å². The van der Waals surface area contributed by atoms with Gasteiger partial charge in [0.15, 0.2) is 5.82 Å². The molecule has 1 saturated heterocycles. The molecule has 1 fully saturated rings. The number of hydrogen-bond acceptors (Lipinski definition) is 6. The highest BCUT2D eigenvalue weighted by atomic mass is 16.3. The number of piperidine rings is 1. The van der Waals surface area contributed by atoms with Crippen LogP contribution in [0.2, 0.25) is 0 Å². The van der Waals surface area contributed by atoms with Gasteiger partial charge in [-0.15, -0.1) is 5.10 Å². The van der Waals surface area contributed by atoms with Crippen molar-refractivity contribution in [3.05, 3.63) is 41.7 Å². The Bertz CT molecular complexity index is 638. The topological polar surface area (TPSA) is 70.3 Å². The average Bonchev–Trinajstić information content (AvgIpc) is 3.02. The molecule has 3 rings (SSSR count). The Kier molecular flexibility index (Phi) is 6.12. The summed E-state index contributed by atoms with van der Waals surface area (Å²) in [5.74, 6) is 1.59. The SMILES string of the molecule is CN(Cc1nnnn1C)CC1CCN(CC(O)c2ccccc2)CC1. The zero-order valence-corrected chi connectivity index (χ0v) is 15.1. The number of likely N-dealkylation sites (tertiary alicyclic amines) is 1. The first-order valence-electron chi connectivity index (χ1n) is 8.97. The summed E-state index contributed by atoms with van der Waals surface area (Å²) >= 11 is 0. The van der Waals surface area contributed by atoms with E-state index < -0.39 is 6.10 Å².